The SMILES string of the molecule is Cc1ccc(Cl)c(C(CO)N=[N+]=[N-])c1. The number of aliphatic hydroxyl groups excluding tert-OH is 1. The molecule has 0 spiro atoms. The maximum absolute atomic E-state index is 9.00. The van der Waals surface area contributed by atoms with Crippen LogP contribution < -0.4 is 0 Å². The third kappa shape index (κ3) is 2.39. The number of nitrogens with zero attached hydrogens (tertiary/aromatic N) is 3. The molecule has 0 bridgehead atoms. The average molecular weight is 212 g/mol. The molecule has 0 aliphatic rings. The van der Waals surface area contributed by atoms with E-state index in [-0.39, 0.29) is 6.61 Å². The van der Waals surface area contributed by atoms with Crippen LogP contribution in [0.1, 0.15) is 17.2 Å². The molecule has 5 heteroatoms. The van der Waals surface area contributed by atoms with E-state index in [4.69, 9.17) is 22.2 Å². The first kappa shape index (κ1) is 10.9. The molecule has 0 amide bonds. The molecule has 0 saturated heterocycles. The van der Waals surface area contributed by atoms with Gasteiger partial charge in [-0.1, -0.05) is 34.4 Å². The van der Waals surface area contributed by atoms with E-state index in [0.717, 1.165) is 5.56 Å². The molecule has 0 fully saturated rings. The minimum atomic E-state index is -0.604. The Kier molecular flexibility index (Phi) is 3.77. The molecule has 1 atom stereocenters. The van der Waals surface area contributed by atoms with Gasteiger partial charge >= 0.3 is 0 Å². The summed E-state index contributed by atoms with van der Waals surface area (Å²) in [5, 5.41) is 13.0. The summed E-state index contributed by atoms with van der Waals surface area (Å²) in [5.74, 6) is 0. The van der Waals surface area contributed by atoms with Gasteiger partial charge in [0.25, 0.3) is 0 Å². The fourth-order valence-corrected chi connectivity index (χ4v) is 1.42. The number of hydrogen-bond donors (Lipinski definition) is 1. The molecule has 0 aromatic heterocycles. The summed E-state index contributed by atoms with van der Waals surface area (Å²) < 4.78 is 0. The van der Waals surface area contributed by atoms with Gasteiger partial charge in [0, 0.05) is 9.93 Å². The average Bonchev–Trinajstić information content (AvgIpc) is 2.18. The zero-order chi connectivity index (χ0) is 10.6. The highest BCUT2D eigenvalue weighted by molar-refractivity contribution is 6.31. The van der Waals surface area contributed by atoms with Crippen LogP contribution in [0.5, 0.6) is 0 Å². The minimum absolute atomic E-state index is 0.243. The Morgan fingerprint density at radius 1 is 1.64 bits per heavy atom. The number of azide groups is 1. The van der Waals surface area contributed by atoms with Crippen molar-refractivity contribution in [1.29, 1.82) is 0 Å². The van der Waals surface area contributed by atoms with Crippen molar-refractivity contribution < 1.29 is 5.11 Å². The first-order valence-electron chi connectivity index (χ1n) is 4.10. The second kappa shape index (κ2) is 4.86. The molecule has 1 unspecified atom stereocenters. The molecule has 4 nitrogen and oxygen atoms in total. The van der Waals surface area contributed by atoms with Crippen LogP contribution >= 0.6 is 11.6 Å². The van der Waals surface area contributed by atoms with E-state index in [2.05, 4.69) is 10.0 Å². The number of halogens is 1. The van der Waals surface area contributed by atoms with Gasteiger partial charge in [0.15, 0.2) is 0 Å². The summed E-state index contributed by atoms with van der Waals surface area (Å²) >= 11 is 5.91. The lowest BCUT2D eigenvalue weighted by Crippen LogP contribution is -2.01. The van der Waals surface area contributed by atoms with E-state index in [0.29, 0.717) is 10.6 Å². The lowest BCUT2D eigenvalue weighted by atomic mass is 10.1. The summed E-state index contributed by atoms with van der Waals surface area (Å²) in [6.45, 7) is 1.66. The van der Waals surface area contributed by atoms with Crippen LogP contribution in [-0.2, 0) is 0 Å². The standard InChI is InChI=1S/C9H10ClN3O/c1-6-2-3-8(10)7(4-6)9(5-14)12-13-11/h2-4,9,14H,5H2,1H3. The Labute approximate surface area is 86.8 Å². The molecule has 0 heterocycles. The second-order valence-electron chi connectivity index (χ2n) is 2.93. The Morgan fingerprint density at radius 3 is 2.93 bits per heavy atom. The van der Waals surface area contributed by atoms with Crippen molar-refractivity contribution in [2.75, 3.05) is 6.61 Å². The summed E-state index contributed by atoms with van der Waals surface area (Å²) in [7, 11) is 0. The number of hydrogen-bond acceptors (Lipinski definition) is 2. The minimum Gasteiger partial charge on any atom is -0.396 e. The van der Waals surface area contributed by atoms with Gasteiger partial charge in [-0.2, -0.15) is 0 Å². The van der Waals surface area contributed by atoms with Crippen LogP contribution in [0.3, 0.4) is 0 Å². The van der Waals surface area contributed by atoms with E-state index in [1.807, 2.05) is 13.0 Å². The molecule has 0 aliphatic heterocycles. The zero-order valence-electron chi connectivity index (χ0n) is 7.68. The largest absolute Gasteiger partial charge is 0.396 e. The van der Waals surface area contributed by atoms with Crippen molar-refractivity contribution in [2.24, 2.45) is 5.11 Å². The molecular weight excluding hydrogens is 202 g/mol. The van der Waals surface area contributed by atoms with E-state index in [1.54, 1.807) is 12.1 Å². The monoisotopic (exact) mass is 211 g/mol. The van der Waals surface area contributed by atoms with E-state index in [1.165, 1.54) is 0 Å². The van der Waals surface area contributed by atoms with Crippen molar-refractivity contribution in [2.45, 2.75) is 13.0 Å². The van der Waals surface area contributed by atoms with Crippen LogP contribution in [0.2, 0.25) is 5.02 Å². The van der Waals surface area contributed by atoms with Gasteiger partial charge < -0.3 is 5.11 Å². The molecule has 0 aliphatic carbocycles. The van der Waals surface area contributed by atoms with Crippen molar-refractivity contribution in [3.05, 3.63) is 44.8 Å². The molecule has 1 rings (SSSR count). The predicted molar refractivity (Wildman–Crippen MR) is 55.2 cm³/mol. The third-order valence-electron chi connectivity index (χ3n) is 1.87. The molecule has 0 radical (unpaired) electrons. The lowest BCUT2D eigenvalue weighted by molar-refractivity contribution is 0.268. The van der Waals surface area contributed by atoms with Gasteiger partial charge in [0.1, 0.15) is 0 Å². The summed E-state index contributed by atoms with van der Waals surface area (Å²) in [4.78, 5) is 2.66. The zero-order valence-corrected chi connectivity index (χ0v) is 8.44. The van der Waals surface area contributed by atoms with Gasteiger partial charge in [0.05, 0.1) is 12.6 Å². The highest BCUT2D eigenvalue weighted by atomic mass is 35.5. The molecule has 0 saturated carbocycles. The molecule has 74 valence electrons. The lowest BCUT2D eigenvalue weighted by Gasteiger charge is -2.10. The van der Waals surface area contributed by atoms with Crippen LogP contribution in [0, 0.1) is 6.92 Å². The predicted octanol–water partition coefficient (Wildman–Crippen LogP) is 2.99. The van der Waals surface area contributed by atoms with Gasteiger partial charge in [-0.05, 0) is 24.1 Å². The highest BCUT2D eigenvalue weighted by Crippen LogP contribution is 2.26. The van der Waals surface area contributed by atoms with E-state index in [9.17, 15) is 0 Å². The second-order valence-corrected chi connectivity index (χ2v) is 3.34. The van der Waals surface area contributed by atoms with Crippen molar-refractivity contribution >= 4 is 11.6 Å². The van der Waals surface area contributed by atoms with Crippen LogP contribution in [0.15, 0.2) is 23.3 Å². The maximum Gasteiger partial charge on any atom is 0.0870 e. The van der Waals surface area contributed by atoms with Crippen LogP contribution in [0.25, 0.3) is 10.4 Å². The van der Waals surface area contributed by atoms with Gasteiger partial charge in [-0.25, -0.2) is 0 Å². The van der Waals surface area contributed by atoms with Crippen molar-refractivity contribution in [3.8, 4) is 0 Å². The number of benzene rings is 1. The fourth-order valence-electron chi connectivity index (χ4n) is 1.18. The van der Waals surface area contributed by atoms with Crippen molar-refractivity contribution in [3.63, 3.8) is 0 Å². The third-order valence-corrected chi connectivity index (χ3v) is 2.22. The topological polar surface area (TPSA) is 69.0 Å². The molecule has 1 aromatic carbocycles. The van der Waals surface area contributed by atoms with Gasteiger partial charge in [0.2, 0.25) is 0 Å². The normalized spacial score (nSPS) is 11.9. The van der Waals surface area contributed by atoms with Gasteiger partial charge in [-0.3, -0.25) is 0 Å². The van der Waals surface area contributed by atoms with Gasteiger partial charge in [-0.15, -0.1) is 0 Å². The van der Waals surface area contributed by atoms with Crippen LogP contribution in [-0.4, -0.2) is 11.7 Å². The number of aryl methyl sites for hydroxylation is 1. The molecule has 1 aromatic rings. The first-order chi connectivity index (χ1) is 6.69. The summed E-state index contributed by atoms with van der Waals surface area (Å²) in [6, 6.07) is 4.78. The first-order valence-corrected chi connectivity index (χ1v) is 4.48. The molecule has 1 N–H and O–H groups in total. The molecule has 14 heavy (non-hydrogen) atoms. The Balaban J connectivity index is 3.14. The Morgan fingerprint density at radius 2 is 2.36 bits per heavy atom. The quantitative estimate of drug-likeness (QED) is 0.466. The van der Waals surface area contributed by atoms with E-state index >= 15 is 0 Å². The van der Waals surface area contributed by atoms with Crippen molar-refractivity contribution in [1.82, 2.24) is 0 Å². The maximum atomic E-state index is 9.00. The van der Waals surface area contributed by atoms with Crippen LogP contribution in [0.4, 0.5) is 0 Å². The summed E-state index contributed by atoms with van der Waals surface area (Å²) in [5.41, 5.74) is 9.96. The Hall–Kier alpha value is -1.22. The van der Waals surface area contributed by atoms with E-state index < -0.39 is 6.04 Å². The smallest absolute Gasteiger partial charge is 0.0870 e. The fraction of sp³-hybridized carbons (Fsp3) is 0.333. The highest BCUT2D eigenvalue weighted by Gasteiger charge is 2.11. The summed E-state index contributed by atoms with van der Waals surface area (Å²) in [6.07, 6.45) is 0. The molecular formula is C9H10ClN3O. The Bertz CT molecular complexity index is 374. The number of rotatable bonds is 3. The number of aliphatic hydroxyl groups is 1.